The fourth-order valence-electron chi connectivity index (χ4n) is 2.49. The maximum Gasteiger partial charge on any atom is 0.0701 e. The zero-order chi connectivity index (χ0) is 12.3. The quantitative estimate of drug-likeness (QED) is 0.861. The lowest BCUT2D eigenvalue weighted by Crippen LogP contribution is -2.46. The SMILES string of the molecule is CCNC(Cc1ccc(Br)s1)C1(C)CCCS1. The number of thioether (sulfide) groups is 1. The lowest BCUT2D eigenvalue weighted by atomic mass is 9.93. The van der Waals surface area contributed by atoms with Crippen molar-refractivity contribution in [3.8, 4) is 0 Å². The first-order chi connectivity index (χ1) is 8.14. The molecule has 4 heteroatoms. The van der Waals surface area contributed by atoms with Gasteiger partial charge in [0.25, 0.3) is 0 Å². The Kier molecular flexibility index (Phi) is 4.98. The van der Waals surface area contributed by atoms with Crippen LogP contribution in [0, 0.1) is 0 Å². The van der Waals surface area contributed by atoms with Gasteiger partial charge in [0.15, 0.2) is 0 Å². The monoisotopic (exact) mass is 333 g/mol. The van der Waals surface area contributed by atoms with Gasteiger partial charge in [0.1, 0.15) is 0 Å². The van der Waals surface area contributed by atoms with Crippen molar-refractivity contribution in [3.63, 3.8) is 0 Å². The Morgan fingerprint density at radius 1 is 1.53 bits per heavy atom. The Hall–Kier alpha value is 0.490. The highest BCUT2D eigenvalue weighted by molar-refractivity contribution is 9.11. The molecule has 2 unspecified atom stereocenters. The van der Waals surface area contributed by atoms with Gasteiger partial charge >= 0.3 is 0 Å². The smallest absolute Gasteiger partial charge is 0.0701 e. The molecule has 0 amide bonds. The van der Waals surface area contributed by atoms with Gasteiger partial charge in [-0.25, -0.2) is 0 Å². The Balaban J connectivity index is 2.06. The van der Waals surface area contributed by atoms with Crippen LogP contribution in [-0.2, 0) is 6.42 Å². The summed E-state index contributed by atoms with van der Waals surface area (Å²) in [5.41, 5.74) is 0. The van der Waals surface area contributed by atoms with Crippen molar-refractivity contribution in [2.45, 2.75) is 43.9 Å². The number of rotatable bonds is 5. The summed E-state index contributed by atoms with van der Waals surface area (Å²) in [4.78, 5) is 1.48. The van der Waals surface area contributed by atoms with E-state index in [2.05, 4.69) is 59.0 Å². The molecule has 1 aromatic rings. The van der Waals surface area contributed by atoms with E-state index in [1.54, 1.807) is 0 Å². The van der Waals surface area contributed by atoms with E-state index >= 15 is 0 Å². The lowest BCUT2D eigenvalue weighted by Gasteiger charge is -2.33. The molecule has 0 radical (unpaired) electrons. The number of hydrogen-bond donors (Lipinski definition) is 1. The van der Waals surface area contributed by atoms with Crippen LogP contribution in [0.2, 0.25) is 0 Å². The molecule has 2 heterocycles. The molecule has 0 aliphatic carbocycles. The molecule has 0 aromatic carbocycles. The first-order valence-electron chi connectivity index (χ1n) is 6.25. The average Bonchev–Trinajstić information content (AvgIpc) is 2.88. The van der Waals surface area contributed by atoms with Crippen molar-refractivity contribution in [1.82, 2.24) is 5.32 Å². The third kappa shape index (κ3) is 3.49. The van der Waals surface area contributed by atoms with Gasteiger partial charge in [0.2, 0.25) is 0 Å². The Morgan fingerprint density at radius 3 is 2.88 bits per heavy atom. The second kappa shape index (κ2) is 6.09. The van der Waals surface area contributed by atoms with Crippen molar-refractivity contribution in [2.75, 3.05) is 12.3 Å². The molecule has 1 fully saturated rings. The summed E-state index contributed by atoms with van der Waals surface area (Å²) in [6, 6.07) is 5.01. The fraction of sp³-hybridized carbons (Fsp3) is 0.692. The molecule has 1 saturated heterocycles. The molecule has 2 atom stereocenters. The van der Waals surface area contributed by atoms with E-state index in [0.29, 0.717) is 10.8 Å². The average molecular weight is 334 g/mol. The third-order valence-electron chi connectivity index (χ3n) is 3.47. The highest BCUT2D eigenvalue weighted by Crippen LogP contribution is 2.41. The molecular formula is C13H20BrNS2. The van der Waals surface area contributed by atoms with E-state index in [-0.39, 0.29) is 0 Å². The number of halogens is 1. The van der Waals surface area contributed by atoms with Crippen LogP contribution in [0.25, 0.3) is 0 Å². The maximum absolute atomic E-state index is 3.69. The number of hydrogen-bond acceptors (Lipinski definition) is 3. The second-order valence-corrected chi connectivity index (χ2v) is 8.96. The minimum Gasteiger partial charge on any atom is -0.313 e. The molecule has 1 N–H and O–H groups in total. The summed E-state index contributed by atoms with van der Waals surface area (Å²) in [5, 5.41) is 3.69. The molecular weight excluding hydrogens is 314 g/mol. The van der Waals surface area contributed by atoms with Gasteiger partial charge < -0.3 is 5.32 Å². The van der Waals surface area contributed by atoms with Gasteiger partial charge in [-0.15, -0.1) is 11.3 Å². The summed E-state index contributed by atoms with van der Waals surface area (Å²) in [7, 11) is 0. The highest BCUT2D eigenvalue weighted by atomic mass is 79.9. The zero-order valence-electron chi connectivity index (χ0n) is 10.5. The Bertz CT molecular complexity index is 358. The summed E-state index contributed by atoms with van der Waals surface area (Å²) in [6.45, 7) is 5.70. The van der Waals surface area contributed by atoms with Crippen molar-refractivity contribution in [3.05, 3.63) is 20.8 Å². The first-order valence-corrected chi connectivity index (χ1v) is 8.85. The molecule has 2 rings (SSSR count). The summed E-state index contributed by atoms with van der Waals surface area (Å²) >= 11 is 7.57. The molecule has 1 aliphatic heterocycles. The van der Waals surface area contributed by atoms with Crippen LogP contribution in [0.1, 0.15) is 31.6 Å². The van der Waals surface area contributed by atoms with Crippen molar-refractivity contribution in [2.24, 2.45) is 0 Å². The summed E-state index contributed by atoms with van der Waals surface area (Å²) in [6.07, 6.45) is 3.88. The molecule has 0 saturated carbocycles. The fourth-order valence-corrected chi connectivity index (χ4v) is 5.43. The van der Waals surface area contributed by atoms with Gasteiger partial charge in [-0.1, -0.05) is 6.92 Å². The largest absolute Gasteiger partial charge is 0.313 e. The van der Waals surface area contributed by atoms with E-state index in [1.807, 2.05) is 11.3 Å². The van der Waals surface area contributed by atoms with Gasteiger partial charge in [-0.3, -0.25) is 0 Å². The third-order valence-corrected chi connectivity index (χ3v) is 6.76. The van der Waals surface area contributed by atoms with Crippen LogP contribution < -0.4 is 5.32 Å². The van der Waals surface area contributed by atoms with E-state index in [9.17, 15) is 0 Å². The predicted octanol–water partition coefficient (Wildman–Crippen LogP) is 4.32. The van der Waals surface area contributed by atoms with Gasteiger partial charge in [0.05, 0.1) is 3.79 Å². The van der Waals surface area contributed by atoms with Gasteiger partial charge in [0, 0.05) is 15.7 Å². The molecule has 17 heavy (non-hydrogen) atoms. The number of nitrogens with one attached hydrogen (secondary N) is 1. The van der Waals surface area contributed by atoms with Crippen LogP contribution in [0.5, 0.6) is 0 Å². The number of likely N-dealkylation sites (N-methyl/N-ethyl adjacent to an activating group) is 1. The molecule has 1 nitrogen and oxygen atoms in total. The summed E-state index contributed by atoms with van der Waals surface area (Å²) in [5.74, 6) is 1.33. The first kappa shape index (κ1) is 13.9. The van der Waals surface area contributed by atoms with E-state index in [4.69, 9.17) is 0 Å². The predicted molar refractivity (Wildman–Crippen MR) is 83.3 cm³/mol. The van der Waals surface area contributed by atoms with Gasteiger partial charge in [-0.2, -0.15) is 11.8 Å². The van der Waals surface area contributed by atoms with Crippen molar-refractivity contribution in [1.29, 1.82) is 0 Å². The maximum atomic E-state index is 3.69. The van der Waals surface area contributed by atoms with Gasteiger partial charge in [-0.05, 0) is 66.5 Å². The normalized spacial score (nSPS) is 26.3. The highest BCUT2D eigenvalue weighted by Gasteiger charge is 2.37. The molecule has 96 valence electrons. The van der Waals surface area contributed by atoms with Crippen LogP contribution in [0.3, 0.4) is 0 Å². The zero-order valence-corrected chi connectivity index (χ0v) is 13.7. The van der Waals surface area contributed by atoms with E-state index < -0.39 is 0 Å². The minimum atomic E-state index is 0.423. The van der Waals surface area contributed by atoms with Crippen LogP contribution in [-0.4, -0.2) is 23.1 Å². The molecule has 0 spiro atoms. The van der Waals surface area contributed by atoms with Crippen molar-refractivity contribution >= 4 is 39.0 Å². The van der Waals surface area contributed by atoms with Crippen molar-refractivity contribution < 1.29 is 0 Å². The molecule has 1 aromatic heterocycles. The topological polar surface area (TPSA) is 12.0 Å². The van der Waals surface area contributed by atoms with Crippen LogP contribution >= 0.6 is 39.0 Å². The number of thiophene rings is 1. The molecule has 0 bridgehead atoms. The minimum absolute atomic E-state index is 0.423. The standard InChI is InChI=1S/C13H20BrNS2/c1-3-15-11(13(2)7-4-8-16-13)9-10-5-6-12(14)17-10/h5-6,11,15H,3-4,7-9H2,1-2H3. The van der Waals surface area contributed by atoms with Crippen LogP contribution in [0.4, 0.5) is 0 Å². The second-order valence-electron chi connectivity index (χ2n) is 4.78. The van der Waals surface area contributed by atoms with E-state index in [1.165, 1.54) is 27.3 Å². The lowest BCUT2D eigenvalue weighted by molar-refractivity contribution is 0.408. The summed E-state index contributed by atoms with van der Waals surface area (Å²) < 4.78 is 1.67. The van der Waals surface area contributed by atoms with Crippen LogP contribution in [0.15, 0.2) is 15.9 Å². The Morgan fingerprint density at radius 2 is 2.35 bits per heavy atom. The molecule has 1 aliphatic rings. The van der Waals surface area contributed by atoms with E-state index in [0.717, 1.165) is 13.0 Å². The Labute approximate surface area is 121 Å².